The quantitative estimate of drug-likeness (QED) is 0.632. The van der Waals surface area contributed by atoms with E-state index < -0.39 is 6.04 Å². The summed E-state index contributed by atoms with van der Waals surface area (Å²) in [6.45, 7) is 0.553. The molecule has 112 valence electrons. The molecule has 1 aliphatic rings. The number of methoxy groups -OCH3 is 1. The van der Waals surface area contributed by atoms with E-state index in [4.69, 9.17) is 27.9 Å². The number of benzene rings is 1. The summed E-state index contributed by atoms with van der Waals surface area (Å²) in [5.41, 5.74) is 0.697. The van der Waals surface area contributed by atoms with Gasteiger partial charge in [-0.15, -0.1) is 0 Å². The first-order valence-corrected chi connectivity index (χ1v) is 7.30. The molecule has 0 aliphatic carbocycles. The van der Waals surface area contributed by atoms with Crippen molar-refractivity contribution in [2.45, 2.75) is 18.9 Å². The third kappa shape index (κ3) is 3.77. The fourth-order valence-corrected chi connectivity index (χ4v) is 2.78. The highest BCUT2D eigenvalue weighted by Gasteiger charge is 2.33. The number of carbonyl (C=O) groups excluding carboxylic acids is 2. The Kier molecular flexibility index (Phi) is 5.26. The van der Waals surface area contributed by atoms with Gasteiger partial charge < -0.3 is 9.64 Å². The van der Waals surface area contributed by atoms with Gasteiger partial charge in [0, 0.05) is 22.7 Å². The molecule has 0 spiro atoms. The van der Waals surface area contributed by atoms with Gasteiger partial charge in [-0.3, -0.25) is 4.79 Å². The van der Waals surface area contributed by atoms with Gasteiger partial charge >= 0.3 is 5.97 Å². The van der Waals surface area contributed by atoms with E-state index in [0.29, 0.717) is 28.6 Å². The Morgan fingerprint density at radius 3 is 2.81 bits per heavy atom. The van der Waals surface area contributed by atoms with Crippen LogP contribution in [-0.4, -0.2) is 36.5 Å². The Bertz CT molecular complexity index is 586. The van der Waals surface area contributed by atoms with Crippen molar-refractivity contribution in [3.8, 4) is 0 Å². The fourth-order valence-electron chi connectivity index (χ4n) is 2.31. The van der Waals surface area contributed by atoms with Crippen LogP contribution in [-0.2, 0) is 14.3 Å². The number of hydrogen-bond donors (Lipinski definition) is 0. The SMILES string of the molecule is COC(=O)C1CCCN1C(=O)/C=C/c1ccc(Cl)cc1Cl. The van der Waals surface area contributed by atoms with Crippen molar-refractivity contribution in [3.63, 3.8) is 0 Å². The first-order chi connectivity index (χ1) is 10.0. The van der Waals surface area contributed by atoms with Crippen LogP contribution in [0.3, 0.4) is 0 Å². The van der Waals surface area contributed by atoms with Crippen molar-refractivity contribution in [1.29, 1.82) is 0 Å². The van der Waals surface area contributed by atoms with Crippen molar-refractivity contribution in [3.05, 3.63) is 39.9 Å². The molecule has 4 nitrogen and oxygen atoms in total. The van der Waals surface area contributed by atoms with E-state index in [-0.39, 0.29) is 11.9 Å². The lowest BCUT2D eigenvalue weighted by atomic mass is 10.2. The number of ether oxygens (including phenoxy) is 1. The molecule has 1 heterocycles. The summed E-state index contributed by atoms with van der Waals surface area (Å²) in [6, 6.07) is 4.55. The Hall–Kier alpha value is -1.52. The second kappa shape index (κ2) is 6.96. The molecule has 0 N–H and O–H groups in total. The standard InChI is InChI=1S/C15H15Cl2NO3/c1-21-15(20)13-3-2-8-18(13)14(19)7-5-10-4-6-11(16)9-12(10)17/h4-7,9,13H,2-3,8H2,1H3/b7-5+. The van der Waals surface area contributed by atoms with Gasteiger partial charge in [-0.2, -0.15) is 0 Å². The van der Waals surface area contributed by atoms with Crippen molar-refractivity contribution in [2.75, 3.05) is 13.7 Å². The Labute approximate surface area is 133 Å². The number of amides is 1. The molecule has 1 unspecified atom stereocenters. The molecule has 0 saturated carbocycles. The number of nitrogens with zero attached hydrogens (tertiary/aromatic N) is 1. The van der Waals surface area contributed by atoms with Gasteiger partial charge in [-0.25, -0.2) is 4.79 Å². The highest BCUT2D eigenvalue weighted by atomic mass is 35.5. The molecule has 21 heavy (non-hydrogen) atoms. The van der Waals surface area contributed by atoms with E-state index in [2.05, 4.69) is 0 Å². The summed E-state index contributed by atoms with van der Waals surface area (Å²) in [6.07, 6.45) is 4.46. The van der Waals surface area contributed by atoms with E-state index in [0.717, 1.165) is 6.42 Å². The highest BCUT2D eigenvalue weighted by molar-refractivity contribution is 6.35. The summed E-state index contributed by atoms with van der Waals surface area (Å²) in [5, 5.41) is 1.01. The smallest absolute Gasteiger partial charge is 0.328 e. The van der Waals surface area contributed by atoms with Crippen molar-refractivity contribution < 1.29 is 14.3 Å². The number of hydrogen-bond acceptors (Lipinski definition) is 3. The molecular formula is C15H15Cl2NO3. The second-order valence-corrected chi connectivity index (χ2v) is 5.56. The maximum Gasteiger partial charge on any atom is 0.328 e. The van der Waals surface area contributed by atoms with Crippen LogP contribution in [0.15, 0.2) is 24.3 Å². The van der Waals surface area contributed by atoms with E-state index in [1.54, 1.807) is 24.3 Å². The first-order valence-electron chi connectivity index (χ1n) is 6.54. The summed E-state index contributed by atoms with van der Waals surface area (Å²) in [4.78, 5) is 25.3. The highest BCUT2D eigenvalue weighted by Crippen LogP contribution is 2.23. The zero-order valence-corrected chi connectivity index (χ0v) is 13.0. The van der Waals surface area contributed by atoms with Gasteiger partial charge in [0.1, 0.15) is 6.04 Å². The molecular weight excluding hydrogens is 313 g/mol. The van der Waals surface area contributed by atoms with Gasteiger partial charge in [-0.1, -0.05) is 29.3 Å². The average molecular weight is 328 g/mol. The van der Waals surface area contributed by atoms with Gasteiger partial charge in [-0.05, 0) is 36.6 Å². The molecule has 1 aromatic rings. The normalized spacial score (nSPS) is 18.2. The molecule has 1 saturated heterocycles. The molecule has 1 aliphatic heterocycles. The summed E-state index contributed by atoms with van der Waals surface area (Å²) in [7, 11) is 1.33. The maximum atomic E-state index is 12.2. The summed E-state index contributed by atoms with van der Waals surface area (Å²) >= 11 is 11.9. The lowest BCUT2D eigenvalue weighted by Gasteiger charge is -2.20. The van der Waals surface area contributed by atoms with Gasteiger partial charge in [0.15, 0.2) is 0 Å². The predicted molar refractivity (Wildman–Crippen MR) is 82.2 cm³/mol. The first kappa shape index (κ1) is 15.9. The van der Waals surface area contributed by atoms with Crippen LogP contribution in [0.1, 0.15) is 18.4 Å². The molecule has 1 atom stereocenters. The van der Waals surface area contributed by atoms with Crippen molar-refractivity contribution >= 4 is 41.2 Å². The minimum Gasteiger partial charge on any atom is -0.467 e. The van der Waals surface area contributed by atoms with E-state index >= 15 is 0 Å². The fraction of sp³-hybridized carbons (Fsp3) is 0.333. The molecule has 2 rings (SSSR count). The molecule has 6 heteroatoms. The van der Waals surface area contributed by atoms with Crippen LogP contribution >= 0.6 is 23.2 Å². The monoisotopic (exact) mass is 327 g/mol. The van der Waals surface area contributed by atoms with Crippen LogP contribution in [0.25, 0.3) is 6.08 Å². The molecule has 0 radical (unpaired) electrons. The molecule has 1 amide bonds. The lowest BCUT2D eigenvalue weighted by molar-refractivity contribution is -0.149. The van der Waals surface area contributed by atoms with Gasteiger partial charge in [0.25, 0.3) is 0 Å². The van der Waals surface area contributed by atoms with Gasteiger partial charge in [0.2, 0.25) is 5.91 Å². The largest absolute Gasteiger partial charge is 0.467 e. The predicted octanol–water partition coefficient (Wildman–Crippen LogP) is 3.17. The Morgan fingerprint density at radius 2 is 2.14 bits per heavy atom. The van der Waals surface area contributed by atoms with Crippen molar-refractivity contribution in [1.82, 2.24) is 4.90 Å². The van der Waals surface area contributed by atoms with E-state index in [1.165, 1.54) is 18.1 Å². The average Bonchev–Trinajstić information content (AvgIpc) is 2.94. The maximum absolute atomic E-state index is 12.2. The van der Waals surface area contributed by atoms with Crippen molar-refractivity contribution in [2.24, 2.45) is 0 Å². The number of esters is 1. The minimum absolute atomic E-state index is 0.228. The summed E-state index contributed by atoms with van der Waals surface area (Å²) < 4.78 is 4.72. The third-order valence-corrected chi connectivity index (χ3v) is 3.94. The zero-order chi connectivity index (χ0) is 15.4. The zero-order valence-electron chi connectivity index (χ0n) is 11.5. The van der Waals surface area contributed by atoms with E-state index in [1.807, 2.05) is 0 Å². The Morgan fingerprint density at radius 1 is 1.38 bits per heavy atom. The van der Waals surface area contributed by atoms with Crippen LogP contribution in [0.2, 0.25) is 10.0 Å². The molecule has 1 fully saturated rings. The van der Waals surface area contributed by atoms with Gasteiger partial charge in [0.05, 0.1) is 7.11 Å². The van der Waals surface area contributed by atoms with Crippen LogP contribution in [0, 0.1) is 0 Å². The number of likely N-dealkylation sites (tertiary alicyclic amines) is 1. The number of rotatable bonds is 3. The lowest BCUT2D eigenvalue weighted by Crippen LogP contribution is -2.40. The summed E-state index contributed by atoms with van der Waals surface area (Å²) in [5.74, 6) is -0.604. The topological polar surface area (TPSA) is 46.6 Å². The second-order valence-electron chi connectivity index (χ2n) is 4.71. The molecule has 0 aromatic heterocycles. The minimum atomic E-state index is -0.493. The number of halogens is 2. The number of carbonyl (C=O) groups is 2. The Balaban J connectivity index is 2.10. The van der Waals surface area contributed by atoms with E-state index in [9.17, 15) is 9.59 Å². The molecule has 0 bridgehead atoms. The molecule has 1 aromatic carbocycles. The van der Waals surface area contributed by atoms with Crippen LogP contribution < -0.4 is 0 Å². The van der Waals surface area contributed by atoms with Crippen LogP contribution in [0.4, 0.5) is 0 Å². The third-order valence-electron chi connectivity index (χ3n) is 3.38. The van der Waals surface area contributed by atoms with Crippen LogP contribution in [0.5, 0.6) is 0 Å².